The molecule has 0 aromatic heterocycles. The maximum atomic E-state index is 9.61. The lowest BCUT2D eigenvalue weighted by atomic mass is 9.96. The second-order valence-corrected chi connectivity index (χ2v) is 3.08. The molecule has 1 rings (SSSR count). The van der Waals surface area contributed by atoms with E-state index in [-0.39, 0.29) is 6.61 Å². The van der Waals surface area contributed by atoms with Gasteiger partial charge in [-0.2, -0.15) is 0 Å². The van der Waals surface area contributed by atoms with Crippen LogP contribution in [0.3, 0.4) is 0 Å². The lowest BCUT2D eigenvalue weighted by molar-refractivity contribution is -0.153. The van der Waals surface area contributed by atoms with E-state index in [0.717, 1.165) is 0 Å². The van der Waals surface area contributed by atoms with Crippen molar-refractivity contribution >= 4 is 0 Å². The monoisotopic (exact) mass is 178 g/mol. The van der Waals surface area contributed by atoms with Gasteiger partial charge in [-0.05, 0) is 6.92 Å². The van der Waals surface area contributed by atoms with Gasteiger partial charge in [0.25, 0.3) is 0 Å². The van der Waals surface area contributed by atoms with Crippen molar-refractivity contribution in [3.8, 4) is 0 Å². The fourth-order valence-electron chi connectivity index (χ4n) is 1.25. The Labute approximate surface area is 70.5 Å². The Bertz CT molecular complexity index is 154. The molecule has 0 spiro atoms. The van der Waals surface area contributed by atoms with Crippen molar-refractivity contribution in [1.29, 1.82) is 0 Å². The zero-order valence-corrected chi connectivity index (χ0v) is 7.10. The Morgan fingerprint density at radius 2 is 2.17 bits per heavy atom. The average Bonchev–Trinajstić information content (AvgIpc) is 2.25. The molecule has 1 fully saturated rings. The van der Waals surface area contributed by atoms with E-state index in [1.54, 1.807) is 0 Å². The Kier molecular flexibility index (Phi) is 2.70. The third kappa shape index (κ3) is 1.34. The summed E-state index contributed by atoms with van der Waals surface area (Å²) in [6, 6.07) is 0. The van der Waals surface area contributed by atoms with Crippen LogP contribution in [-0.2, 0) is 9.47 Å². The molecule has 3 N–H and O–H groups in total. The number of aliphatic hydroxyl groups is 3. The van der Waals surface area contributed by atoms with Crippen molar-refractivity contribution in [2.75, 3.05) is 13.7 Å². The summed E-state index contributed by atoms with van der Waals surface area (Å²) in [5, 5.41) is 27.8. The van der Waals surface area contributed by atoms with E-state index in [0.29, 0.717) is 0 Å². The Morgan fingerprint density at radius 3 is 2.42 bits per heavy atom. The highest BCUT2D eigenvalue weighted by molar-refractivity contribution is 4.97. The molecule has 1 heterocycles. The van der Waals surface area contributed by atoms with Gasteiger partial charge in [-0.1, -0.05) is 0 Å². The summed E-state index contributed by atoms with van der Waals surface area (Å²) in [5.74, 6) is 0. The van der Waals surface area contributed by atoms with Crippen LogP contribution in [-0.4, -0.2) is 53.1 Å². The number of ether oxygens (including phenoxy) is 2. The van der Waals surface area contributed by atoms with Crippen LogP contribution in [0.1, 0.15) is 6.92 Å². The lowest BCUT2D eigenvalue weighted by Crippen LogP contribution is -2.46. The SMILES string of the molecule is COC1O[C@H](CO)C(C)(O)[C@H]1O. The molecule has 4 atom stereocenters. The molecule has 1 aliphatic heterocycles. The van der Waals surface area contributed by atoms with Crippen LogP contribution in [0.2, 0.25) is 0 Å². The number of methoxy groups -OCH3 is 1. The fraction of sp³-hybridized carbons (Fsp3) is 1.00. The summed E-state index contributed by atoms with van der Waals surface area (Å²) in [7, 11) is 1.36. The fourth-order valence-corrected chi connectivity index (χ4v) is 1.25. The maximum absolute atomic E-state index is 9.61. The smallest absolute Gasteiger partial charge is 0.186 e. The molecule has 2 unspecified atom stereocenters. The van der Waals surface area contributed by atoms with Gasteiger partial charge in [-0.25, -0.2) is 0 Å². The third-order valence-corrected chi connectivity index (χ3v) is 2.20. The van der Waals surface area contributed by atoms with Crippen LogP contribution in [0.15, 0.2) is 0 Å². The van der Waals surface area contributed by atoms with Gasteiger partial charge >= 0.3 is 0 Å². The molecule has 72 valence electrons. The Hall–Kier alpha value is -0.200. The van der Waals surface area contributed by atoms with Gasteiger partial charge in [-0.3, -0.25) is 0 Å². The van der Waals surface area contributed by atoms with Gasteiger partial charge in [0.05, 0.1) is 6.61 Å². The topological polar surface area (TPSA) is 79.2 Å². The number of hydrogen-bond acceptors (Lipinski definition) is 5. The van der Waals surface area contributed by atoms with Crippen molar-refractivity contribution in [3.05, 3.63) is 0 Å². The molecular weight excluding hydrogens is 164 g/mol. The van der Waals surface area contributed by atoms with Crippen LogP contribution in [0.25, 0.3) is 0 Å². The van der Waals surface area contributed by atoms with E-state index in [9.17, 15) is 10.2 Å². The highest BCUT2D eigenvalue weighted by atomic mass is 16.7. The molecule has 1 saturated heterocycles. The maximum Gasteiger partial charge on any atom is 0.186 e. The number of rotatable bonds is 2. The van der Waals surface area contributed by atoms with Crippen molar-refractivity contribution in [2.24, 2.45) is 0 Å². The van der Waals surface area contributed by atoms with E-state index in [2.05, 4.69) is 0 Å². The van der Waals surface area contributed by atoms with E-state index in [4.69, 9.17) is 14.6 Å². The second-order valence-electron chi connectivity index (χ2n) is 3.08. The van der Waals surface area contributed by atoms with Crippen LogP contribution in [0.5, 0.6) is 0 Å². The van der Waals surface area contributed by atoms with Crippen molar-refractivity contribution in [2.45, 2.75) is 31.0 Å². The Balaban J connectivity index is 2.73. The summed E-state index contributed by atoms with van der Waals surface area (Å²) in [5.41, 5.74) is -1.45. The molecule has 0 radical (unpaired) electrons. The van der Waals surface area contributed by atoms with E-state index >= 15 is 0 Å². The van der Waals surface area contributed by atoms with Gasteiger partial charge in [0.1, 0.15) is 17.8 Å². The first-order chi connectivity index (χ1) is 5.54. The minimum absolute atomic E-state index is 0.343. The summed E-state index contributed by atoms with van der Waals surface area (Å²) < 4.78 is 9.76. The molecule has 0 saturated carbocycles. The van der Waals surface area contributed by atoms with Gasteiger partial charge in [0, 0.05) is 7.11 Å². The zero-order chi connectivity index (χ0) is 9.35. The minimum Gasteiger partial charge on any atom is -0.394 e. The molecule has 1 aliphatic rings. The predicted octanol–water partition coefficient (Wildman–Crippen LogP) is -1.54. The van der Waals surface area contributed by atoms with Crippen LogP contribution in [0.4, 0.5) is 0 Å². The second kappa shape index (κ2) is 3.27. The predicted molar refractivity (Wildman–Crippen MR) is 39.4 cm³/mol. The summed E-state index contributed by atoms with van der Waals surface area (Å²) in [4.78, 5) is 0. The van der Waals surface area contributed by atoms with E-state index < -0.39 is 24.1 Å². The molecule has 12 heavy (non-hydrogen) atoms. The summed E-state index contributed by atoms with van der Waals surface area (Å²) in [6.45, 7) is 1.06. The first-order valence-electron chi connectivity index (χ1n) is 3.73. The number of hydrogen-bond donors (Lipinski definition) is 3. The van der Waals surface area contributed by atoms with Crippen molar-refractivity contribution in [1.82, 2.24) is 0 Å². The largest absolute Gasteiger partial charge is 0.394 e. The van der Waals surface area contributed by atoms with Crippen molar-refractivity contribution < 1.29 is 24.8 Å². The first kappa shape index (κ1) is 9.88. The highest BCUT2D eigenvalue weighted by Gasteiger charge is 2.52. The quantitative estimate of drug-likeness (QED) is 0.477. The van der Waals surface area contributed by atoms with Gasteiger partial charge in [0.2, 0.25) is 0 Å². The van der Waals surface area contributed by atoms with E-state index in [1.165, 1.54) is 14.0 Å². The average molecular weight is 178 g/mol. The first-order valence-corrected chi connectivity index (χ1v) is 3.73. The highest BCUT2D eigenvalue weighted by Crippen LogP contribution is 2.30. The molecule has 0 aromatic rings. The standard InChI is InChI=1S/C7H14O5/c1-7(10)4(3-8)12-6(11-2)5(7)9/h4-6,8-10H,3H2,1-2H3/t4-,5+,6?,7?/m1/s1. The van der Waals surface area contributed by atoms with Gasteiger partial charge in [0.15, 0.2) is 6.29 Å². The molecule has 5 heteroatoms. The molecular formula is C7H14O5. The van der Waals surface area contributed by atoms with Crippen molar-refractivity contribution in [3.63, 3.8) is 0 Å². The van der Waals surface area contributed by atoms with Crippen LogP contribution in [0, 0.1) is 0 Å². The lowest BCUT2D eigenvalue weighted by Gasteiger charge is -2.24. The molecule has 0 aliphatic carbocycles. The summed E-state index contributed by atoms with van der Waals surface area (Å²) in [6.07, 6.45) is -2.78. The van der Waals surface area contributed by atoms with E-state index in [1.807, 2.05) is 0 Å². The molecule has 5 nitrogen and oxygen atoms in total. The van der Waals surface area contributed by atoms with Gasteiger partial charge in [-0.15, -0.1) is 0 Å². The number of aliphatic hydroxyl groups excluding tert-OH is 2. The Morgan fingerprint density at radius 1 is 1.58 bits per heavy atom. The summed E-state index contributed by atoms with van der Waals surface area (Å²) >= 11 is 0. The molecule has 0 bridgehead atoms. The zero-order valence-electron chi connectivity index (χ0n) is 7.10. The minimum atomic E-state index is -1.45. The van der Waals surface area contributed by atoms with Crippen LogP contribution < -0.4 is 0 Å². The normalized spacial score (nSPS) is 48.2. The van der Waals surface area contributed by atoms with Gasteiger partial charge < -0.3 is 24.8 Å². The molecule has 0 aromatic carbocycles. The van der Waals surface area contributed by atoms with Crippen LogP contribution >= 0.6 is 0 Å². The molecule has 0 amide bonds. The third-order valence-electron chi connectivity index (χ3n) is 2.20.